The Morgan fingerprint density at radius 1 is 1.53 bits per heavy atom. The number of nitrogens with one attached hydrogen (secondary N) is 1. The van der Waals surface area contributed by atoms with E-state index in [-0.39, 0.29) is 0 Å². The summed E-state index contributed by atoms with van der Waals surface area (Å²) < 4.78 is 0. The smallest absolute Gasteiger partial charge is 0.183 e. The van der Waals surface area contributed by atoms with Crippen LogP contribution in [0.15, 0.2) is 0 Å². The van der Waals surface area contributed by atoms with Crippen LogP contribution in [0.4, 0.5) is 5.13 Å². The second-order valence-electron chi connectivity index (χ2n) is 4.65. The van der Waals surface area contributed by atoms with Crippen molar-refractivity contribution in [2.24, 2.45) is 5.92 Å². The van der Waals surface area contributed by atoms with E-state index in [0.717, 1.165) is 31.2 Å². The summed E-state index contributed by atoms with van der Waals surface area (Å²) in [7, 11) is 2.17. The van der Waals surface area contributed by atoms with Gasteiger partial charge in [0.05, 0.1) is 5.69 Å². The highest BCUT2D eigenvalue weighted by Crippen LogP contribution is 2.27. The Bertz CT molecular complexity index is 333. The quantitative estimate of drug-likeness (QED) is 0.855. The summed E-state index contributed by atoms with van der Waals surface area (Å²) in [6.07, 6.45) is 1.10. The topological polar surface area (TPSA) is 28.2 Å². The van der Waals surface area contributed by atoms with Crippen LogP contribution in [0, 0.1) is 5.92 Å². The fraction of sp³-hybridized carbons (Fsp3) is 0.727. The van der Waals surface area contributed by atoms with Gasteiger partial charge in [0.1, 0.15) is 0 Å². The van der Waals surface area contributed by atoms with E-state index in [1.54, 1.807) is 0 Å². The van der Waals surface area contributed by atoms with Crippen molar-refractivity contribution < 1.29 is 0 Å². The maximum Gasteiger partial charge on any atom is 0.183 e. The lowest BCUT2D eigenvalue weighted by molar-refractivity contribution is 0.314. The Hall–Kier alpha value is -0.610. The zero-order chi connectivity index (χ0) is 10.8. The first-order valence-corrected chi connectivity index (χ1v) is 6.38. The van der Waals surface area contributed by atoms with Gasteiger partial charge in [-0.05, 0) is 13.0 Å². The largest absolute Gasteiger partial charge is 0.361 e. The van der Waals surface area contributed by atoms with E-state index in [1.165, 1.54) is 10.6 Å². The monoisotopic (exact) mass is 225 g/mol. The standard InChI is InChI=1S/C11H19N3S/c1-8(2)6-12-11-13-9-4-5-14(3)7-10(9)15-11/h8H,4-7H2,1-3H3,(H,12,13). The van der Waals surface area contributed by atoms with E-state index >= 15 is 0 Å². The van der Waals surface area contributed by atoms with E-state index in [9.17, 15) is 0 Å². The molecule has 1 aliphatic heterocycles. The highest BCUT2D eigenvalue weighted by atomic mass is 32.1. The average molecular weight is 225 g/mol. The number of hydrogen-bond acceptors (Lipinski definition) is 4. The molecule has 0 aliphatic carbocycles. The highest BCUT2D eigenvalue weighted by Gasteiger charge is 2.17. The summed E-state index contributed by atoms with van der Waals surface area (Å²) in [6.45, 7) is 7.65. The molecular weight excluding hydrogens is 206 g/mol. The van der Waals surface area contributed by atoms with Crippen LogP contribution >= 0.6 is 11.3 Å². The normalized spacial score (nSPS) is 16.8. The minimum Gasteiger partial charge on any atom is -0.361 e. The summed E-state index contributed by atoms with van der Waals surface area (Å²) in [5.41, 5.74) is 1.31. The molecule has 0 spiro atoms. The molecule has 1 N–H and O–H groups in total. The molecule has 1 aromatic heterocycles. The van der Waals surface area contributed by atoms with Crippen molar-refractivity contribution in [3.63, 3.8) is 0 Å². The van der Waals surface area contributed by atoms with E-state index < -0.39 is 0 Å². The number of likely N-dealkylation sites (N-methyl/N-ethyl adjacent to an activating group) is 1. The van der Waals surface area contributed by atoms with Gasteiger partial charge in [0.15, 0.2) is 5.13 Å². The molecule has 15 heavy (non-hydrogen) atoms. The number of rotatable bonds is 3. The van der Waals surface area contributed by atoms with Gasteiger partial charge in [0, 0.05) is 30.9 Å². The van der Waals surface area contributed by atoms with Gasteiger partial charge < -0.3 is 10.2 Å². The zero-order valence-electron chi connectivity index (χ0n) is 9.71. The Morgan fingerprint density at radius 2 is 2.33 bits per heavy atom. The Kier molecular flexibility index (Phi) is 3.26. The molecule has 0 saturated heterocycles. The van der Waals surface area contributed by atoms with Crippen LogP contribution in [-0.4, -0.2) is 30.0 Å². The van der Waals surface area contributed by atoms with Crippen LogP contribution in [0.5, 0.6) is 0 Å². The number of hydrogen-bond donors (Lipinski definition) is 1. The molecule has 1 aliphatic rings. The molecule has 0 radical (unpaired) electrons. The van der Waals surface area contributed by atoms with Crippen molar-refractivity contribution in [1.29, 1.82) is 0 Å². The third-order valence-corrected chi connectivity index (χ3v) is 3.62. The maximum atomic E-state index is 4.64. The summed E-state index contributed by atoms with van der Waals surface area (Å²) in [5, 5.41) is 4.51. The number of aromatic nitrogens is 1. The van der Waals surface area contributed by atoms with Gasteiger partial charge in [-0.25, -0.2) is 4.98 Å². The first kappa shape index (κ1) is 10.9. The van der Waals surface area contributed by atoms with Crippen molar-refractivity contribution in [1.82, 2.24) is 9.88 Å². The summed E-state index contributed by atoms with van der Waals surface area (Å²) in [4.78, 5) is 8.43. The number of nitrogens with zero attached hydrogens (tertiary/aromatic N) is 2. The van der Waals surface area contributed by atoms with Gasteiger partial charge in [-0.2, -0.15) is 0 Å². The van der Waals surface area contributed by atoms with E-state index in [1.807, 2.05) is 11.3 Å². The average Bonchev–Trinajstić information content (AvgIpc) is 2.56. The van der Waals surface area contributed by atoms with Crippen LogP contribution in [0.2, 0.25) is 0 Å². The first-order valence-electron chi connectivity index (χ1n) is 5.56. The molecule has 2 rings (SSSR count). The second kappa shape index (κ2) is 4.49. The molecule has 0 fully saturated rings. The molecule has 0 amide bonds. The predicted molar refractivity (Wildman–Crippen MR) is 65.5 cm³/mol. The lowest BCUT2D eigenvalue weighted by Gasteiger charge is -2.20. The molecule has 0 aromatic carbocycles. The number of anilines is 1. The predicted octanol–water partition coefficient (Wildman–Crippen LogP) is 2.20. The van der Waals surface area contributed by atoms with Crippen LogP contribution in [0.25, 0.3) is 0 Å². The van der Waals surface area contributed by atoms with Crippen molar-refractivity contribution >= 4 is 16.5 Å². The molecule has 0 unspecified atom stereocenters. The van der Waals surface area contributed by atoms with Crippen LogP contribution in [0.3, 0.4) is 0 Å². The number of fused-ring (bicyclic) bond motifs is 1. The minimum atomic E-state index is 0.675. The molecule has 0 saturated carbocycles. The van der Waals surface area contributed by atoms with E-state index in [0.29, 0.717) is 5.92 Å². The van der Waals surface area contributed by atoms with Gasteiger partial charge in [0.25, 0.3) is 0 Å². The minimum absolute atomic E-state index is 0.675. The van der Waals surface area contributed by atoms with Gasteiger partial charge in [-0.1, -0.05) is 13.8 Å². The Morgan fingerprint density at radius 3 is 3.07 bits per heavy atom. The summed E-state index contributed by atoms with van der Waals surface area (Å²) in [5.74, 6) is 0.675. The Labute approximate surface area is 95.5 Å². The third-order valence-electron chi connectivity index (χ3n) is 2.58. The highest BCUT2D eigenvalue weighted by molar-refractivity contribution is 7.15. The van der Waals surface area contributed by atoms with Gasteiger partial charge >= 0.3 is 0 Å². The molecule has 0 bridgehead atoms. The summed E-state index contributed by atoms with van der Waals surface area (Å²) in [6, 6.07) is 0. The molecule has 84 valence electrons. The van der Waals surface area contributed by atoms with Crippen molar-refractivity contribution in [2.75, 3.05) is 25.5 Å². The lowest BCUT2D eigenvalue weighted by atomic mass is 10.2. The first-order chi connectivity index (χ1) is 7.15. The van der Waals surface area contributed by atoms with E-state index in [2.05, 4.69) is 36.1 Å². The van der Waals surface area contributed by atoms with E-state index in [4.69, 9.17) is 0 Å². The Balaban J connectivity index is 2.03. The molecule has 3 nitrogen and oxygen atoms in total. The second-order valence-corrected chi connectivity index (χ2v) is 5.74. The van der Waals surface area contributed by atoms with Gasteiger partial charge in [-0.15, -0.1) is 11.3 Å². The molecule has 0 atom stereocenters. The third kappa shape index (κ3) is 2.69. The molecular formula is C11H19N3S. The zero-order valence-corrected chi connectivity index (χ0v) is 10.5. The van der Waals surface area contributed by atoms with Crippen molar-refractivity contribution in [2.45, 2.75) is 26.8 Å². The molecule has 2 heterocycles. The van der Waals surface area contributed by atoms with Crippen LogP contribution < -0.4 is 5.32 Å². The lowest BCUT2D eigenvalue weighted by Crippen LogP contribution is -2.25. The molecule has 4 heteroatoms. The van der Waals surface area contributed by atoms with Gasteiger partial charge in [-0.3, -0.25) is 0 Å². The van der Waals surface area contributed by atoms with Crippen molar-refractivity contribution in [3.8, 4) is 0 Å². The summed E-state index contributed by atoms with van der Waals surface area (Å²) >= 11 is 1.82. The maximum absolute atomic E-state index is 4.64. The molecule has 1 aromatic rings. The van der Waals surface area contributed by atoms with Gasteiger partial charge in [0.2, 0.25) is 0 Å². The van der Waals surface area contributed by atoms with Crippen LogP contribution in [-0.2, 0) is 13.0 Å². The fourth-order valence-corrected chi connectivity index (χ4v) is 2.79. The SMILES string of the molecule is CC(C)CNc1nc2c(s1)CN(C)CC2. The number of thiazole rings is 1. The van der Waals surface area contributed by atoms with Crippen molar-refractivity contribution in [3.05, 3.63) is 10.6 Å². The van der Waals surface area contributed by atoms with Crippen LogP contribution in [0.1, 0.15) is 24.4 Å². The fourth-order valence-electron chi connectivity index (χ4n) is 1.69.